The minimum atomic E-state index is -0.334. The fraction of sp³-hybridized carbons (Fsp3) is 0.267. The third-order valence-electron chi connectivity index (χ3n) is 3.45. The van der Waals surface area contributed by atoms with Crippen LogP contribution in [0.5, 0.6) is 23.3 Å². The molecule has 0 fully saturated rings. The number of aromatic amines is 1. The molecule has 0 spiro atoms. The number of fused-ring (bicyclic) bond motifs is 1. The van der Waals surface area contributed by atoms with E-state index in [1.165, 1.54) is 6.33 Å². The summed E-state index contributed by atoms with van der Waals surface area (Å²) in [5.41, 5.74) is 1.88. The van der Waals surface area contributed by atoms with Gasteiger partial charge in [-0.15, -0.1) is 0 Å². The monoisotopic (exact) mass is 331 g/mol. The van der Waals surface area contributed by atoms with Gasteiger partial charge in [-0.3, -0.25) is 0 Å². The van der Waals surface area contributed by atoms with E-state index in [0.29, 0.717) is 40.8 Å². The lowest BCUT2D eigenvalue weighted by Gasteiger charge is -2.14. The number of benzene rings is 1. The standard InChI is InChI=1S/C15H17N5O4/c1-22-9-4-8(5-10(23-2)12(9)24-3)6-16-13-11-14(18-7-17-11)20-15(21)19-13/h4-5,7H,6H2,1-3H3,(H3,16,17,18,19,20,21). The van der Waals surface area contributed by atoms with Gasteiger partial charge in [0.1, 0.15) is 5.52 Å². The zero-order valence-electron chi connectivity index (χ0n) is 13.5. The number of ether oxygens (including phenoxy) is 3. The van der Waals surface area contributed by atoms with Crippen molar-refractivity contribution in [3.05, 3.63) is 24.0 Å². The van der Waals surface area contributed by atoms with Crippen molar-refractivity contribution in [2.24, 2.45) is 0 Å². The highest BCUT2D eigenvalue weighted by Crippen LogP contribution is 2.38. The molecule has 3 N–H and O–H groups in total. The maximum absolute atomic E-state index is 9.59. The van der Waals surface area contributed by atoms with Crippen LogP contribution in [0, 0.1) is 0 Å². The van der Waals surface area contributed by atoms with Gasteiger partial charge in [0.05, 0.1) is 27.7 Å². The number of nitrogens with zero attached hydrogens (tertiary/aromatic N) is 3. The van der Waals surface area contributed by atoms with Crippen molar-refractivity contribution >= 4 is 17.0 Å². The SMILES string of the molecule is COc1cc(CNc2nc(O)nc3[nH]cnc23)cc(OC)c1OC. The molecule has 0 aliphatic heterocycles. The van der Waals surface area contributed by atoms with Crippen molar-refractivity contribution in [2.75, 3.05) is 26.6 Å². The summed E-state index contributed by atoms with van der Waals surface area (Å²) in [7, 11) is 4.67. The molecule has 0 aliphatic carbocycles. The lowest BCUT2D eigenvalue weighted by molar-refractivity contribution is 0.324. The van der Waals surface area contributed by atoms with E-state index in [-0.39, 0.29) is 6.01 Å². The quantitative estimate of drug-likeness (QED) is 0.625. The van der Waals surface area contributed by atoms with Gasteiger partial charge in [0, 0.05) is 6.54 Å². The normalized spacial score (nSPS) is 10.6. The Bertz CT molecular complexity index is 839. The first-order chi connectivity index (χ1) is 11.7. The van der Waals surface area contributed by atoms with E-state index in [1.54, 1.807) is 21.3 Å². The first kappa shape index (κ1) is 15.7. The van der Waals surface area contributed by atoms with E-state index in [2.05, 4.69) is 25.3 Å². The second kappa shape index (κ2) is 6.49. The number of anilines is 1. The summed E-state index contributed by atoms with van der Waals surface area (Å²) in [6.45, 7) is 0.412. The van der Waals surface area contributed by atoms with Crippen LogP contribution in [0.4, 0.5) is 5.82 Å². The molecule has 126 valence electrons. The third-order valence-corrected chi connectivity index (χ3v) is 3.45. The molecule has 24 heavy (non-hydrogen) atoms. The highest BCUT2D eigenvalue weighted by molar-refractivity contribution is 5.82. The number of methoxy groups -OCH3 is 3. The smallest absolute Gasteiger partial charge is 0.317 e. The number of aromatic nitrogens is 4. The maximum atomic E-state index is 9.59. The first-order valence-corrected chi connectivity index (χ1v) is 7.09. The molecule has 0 saturated carbocycles. The maximum Gasteiger partial charge on any atom is 0.317 e. The van der Waals surface area contributed by atoms with Crippen LogP contribution in [0.1, 0.15) is 5.56 Å². The van der Waals surface area contributed by atoms with Gasteiger partial charge in [-0.25, -0.2) is 4.98 Å². The van der Waals surface area contributed by atoms with Gasteiger partial charge in [-0.1, -0.05) is 0 Å². The topological polar surface area (TPSA) is 114 Å². The molecule has 1 aromatic carbocycles. The Morgan fingerprint density at radius 3 is 2.42 bits per heavy atom. The van der Waals surface area contributed by atoms with Crippen molar-refractivity contribution in [3.8, 4) is 23.3 Å². The molecule has 0 saturated heterocycles. The van der Waals surface area contributed by atoms with Gasteiger partial charge in [0.25, 0.3) is 0 Å². The second-order valence-electron chi connectivity index (χ2n) is 4.86. The lowest BCUT2D eigenvalue weighted by Crippen LogP contribution is -2.04. The molecule has 2 aromatic heterocycles. The second-order valence-corrected chi connectivity index (χ2v) is 4.86. The fourth-order valence-corrected chi connectivity index (χ4v) is 2.37. The van der Waals surface area contributed by atoms with Crippen LogP contribution in [0.3, 0.4) is 0 Å². The Morgan fingerprint density at radius 1 is 1.08 bits per heavy atom. The Balaban J connectivity index is 1.89. The molecular weight excluding hydrogens is 314 g/mol. The van der Waals surface area contributed by atoms with E-state index in [9.17, 15) is 5.11 Å². The molecule has 0 unspecified atom stereocenters. The molecule has 0 bridgehead atoms. The van der Waals surface area contributed by atoms with Gasteiger partial charge in [-0.05, 0) is 17.7 Å². The number of rotatable bonds is 6. The van der Waals surface area contributed by atoms with E-state index in [4.69, 9.17) is 14.2 Å². The summed E-state index contributed by atoms with van der Waals surface area (Å²) >= 11 is 0. The molecule has 9 nitrogen and oxygen atoms in total. The van der Waals surface area contributed by atoms with Crippen molar-refractivity contribution in [3.63, 3.8) is 0 Å². The van der Waals surface area contributed by atoms with Gasteiger partial charge in [-0.2, -0.15) is 9.97 Å². The zero-order chi connectivity index (χ0) is 17.1. The number of imidazole rings is 1. The Morgan fingerprint density at radius 2 is 1.79 bits per heavy atom. The molecule has 0 amide bonds. The summed E-state index contributed by atoms with van der Waals surface area (Å²) in [6, 6.07) is 3.33. The first-order valence-electron chi connectivity index (χ1n) is 7.09. The highest BCUT2D eigenvalue weighted by atomic mass is 16.5. The lowest BCUT2D eigenvalue weighted by atomic mass is 10.1. The van der Waals surface area contributed by atoms with Crippen molar-refractivity contribution in [1.29, 1.82) is 0 Å². The van der Waals surface area contributed by atoms with Crippen molar-refractivity contribution < 1.29 is 19.3 Å². The van der Waals surface area contributed by atoms with E-state index < -0.39 is 0 Å². The largest absolute Gasteiger partial charge is 0.493 e. The summed E-state index contributed by atoms with van der Waals surface area (Å²) in [5, 5.41) is 12.7. The average molecular weight is 331 g/mol. The highest BCUT2D eigenvalue weighted by Gasteiger charge is 2.14. The average Bonchev–Trinajstić information content (AvgIpc) is 3.06. The number of hydrogen-bond acceptors (Lipinski definition) is 8. The molecule has 0 radical (unpaired) electrons. The van der Waals surface area contributed by atoms with Crippen molar-refractivity contribution in [1.82, 2.24) is 19.9 Å². The zero-order valence-corrected chi connectivity index (χ0v) is 13.5. The van der Waals surface area contributed by atoms with E-state index in [0.717, 1.165) is 5.56 Å². The van der Waals surface area contributed by atoms with Gasteiger partial charge in [0.2, 0.25) is 5.75 Å². The van der Waals surface area contributed by atoms with Crippen LogP contribution in [-0.2, 0) is 6.54 Å². The van der Waals surface area contributed by atoms with Crippen molar-refractivity contribution in [2.45, 2.75) is 6.54 Å². The van der Waals surface area contributed by atoms with Gasteiger partial charge >= 0.3 is 6.01 Å². The molecule has 2 heterocycles. The molecule has 0 aliphatic rings. The van der Waals surface area contributed by atoms with Crippen LogP contribution in [0.15, 0.2) is 18.5 Å². The number of hydrogen-bond donors (Lipinski definition) is 3. The summed E-state index contributed by atoms with van der Waals surface area (Å²) in [6.07, 6.45) is 1.49. The predicted octanol–water partition coefficient (Wildman–Crippen LogP) is 1.70. The third kappa shape index (κ3) is 2.83. The molecule has 3 aromatic rings. The number of aromatic hydroxyl groups is 1. The van der Waals surface area contributed by atoms with Crippen LogP contribution in [0.2, 0.25) is 0 Å². The fourth-order valence-electron chi connectivity index (χ4n) is 2.37. The summed E-state index contributed by atoms with van der Waals surface area (Å²) in [5.74, 6) is 2.07. The summed E-state index contributed by atoms with van der Waals surface area (Å²) in [4.78, 5) is 14.8. The van der Waals surface area contributed by atoms with Crippen LogP contribution < -0.4 is 19.5 Å². The molecule has 3 rings (SSSR count). The minimum Gasteiger partial charge on any atom is -0.493 e. The van der Waals surface area contributed by atoms with E-state index in [1.807, 2.05) is 12.1 Å². The van der Waals surface area contributed by atoms with E-state index >= 15 is 0 Å². The Hall–Kier alpha value is -3.23. The number of H-pyrrole nitrogens is 1. The number of nitrogens with one attached hydrogen (secondary N) is 2. The minimum absolute atomic E-state index is 0.334. The molecule has 9 heteroatoms. The molecule has 0 atom stereocenters. The Labute approximate surface area is 137 Å². The Kier molecular flexibility index (Phi) is 4.23. The molecular formula is C15H17N5O4. The van der Waals surface area contributed by atoms with Gasteiger partial charge in [0.15, 0.2) is 23.0 Å². The summed E-state index contributed by atoms with van der Waals surface area (Å²) < 4.78 is 16.0. The van der Waals surface area contributed by atoms with Gasteiger partial charge < -0.3 is 29.6 Å². The van der Waals surface area contributed by atoms with Crippen LogP contribution in [-0.4, -0.2) is 46.4 Å². The van der Waals surface area contributed by atoms with Crippen LogP contribution in [0.25, 0.3) is 11.2 Å². The van der Waals surface area contributed by atoms with Crippen LogP contribution >= 0.6 is 0 Å². The predicted molar refractivity (Wildman–Crippen MR) is 86.8 cm³/mol.